The Morgan fingerprint density at radius 3 is 2.35 bits per heavy atom. The summed E-state index contributed by atoms with van der Waals surface area (Å²) in [5.74, 6) is 0.212. The normalized spacial score (nSPS) is 15.6. The molecule has 1 heterocycles. The summed E-state index contributed by atoms with van der Waals surface area (Å²) in [7, 11) is 0. The van der Waals surface area contributed by atoms with Crippen LogP contribution in [0.5, 0.6) is 0 Å². The fourth-order valence-electron chi connectivity index (χ4n) is 2.05. The van der Waals surface area contributed by atoms with Crippen molar-refractivity contribution in [2.75, 3.05) is 19.6 Å². The zero-order valence-corrected chi connectivity index (χ0v) is 11.3. The second-order valence-electron chi connectivity index (χ2n) is 4.23. The fourth-order valence-corrected chi connectivity index (χ4v) is 2.17. The Morgan fingerprint density at radius 1 is 1.18 bits per heavy atom. The maximum Gasteiger partial charge on any atom is 0.164 e. The topological polar surface area (TPSA) is 20.3 Å². The molecule has 0 saturated carbocycles. The second-order valence-corrected chi connectivity index (χ2v) is 4.67. The fraction of sp³-hybridized carbons (Fsp3) is 0.462. The minimum Gasteiger partial charge on any atom is -0.303 e. The molecule has 2 rings (SSSR count). The van der Waals surface area contributed by atoms with Crippen molar-refractivity contribution in [2.45, 2.75) is 19.3 Å². The van der Waals surface area contributed by atoms with Crippen molar-refractivity contribution in [3.8, 4) is 0 Å². The highest BCUT2D eigenvalue weighted by atomic mass is 35.5. The van der Waals surface area contributed by atoms with Crippen LogP contribution in [0.4, 0.5) is 0 Å². The highest BCUT2D eigenvalue weighted by Gasteiger charge is 2.13. The predicted octanol–water partition coefficient (Wildman–Crippen LogP) is 3.43. The molecule has 1 fully saturated rings. The molecule has 0 radical (unpaired) electrons. The number of likely N-dealkylation sites (tertiary alicyclic amines) is 1. The second kappa shape index (κ2) is 7.00. The number of carbonyl (C=O) groups excluding carboxylic acids is 1. The molecule has 1 aliphatic heterocycles. The third-order valence-corrected chi connectivity index (χ3v) is 3.27. The highest BCUT2D eigenvalue weighted by molar-refractivity contribution is 6.30. The molecule has 1 aliphatic rings. The van der Waals surface area contributed by atoms with Crippen LogP contribution in [0, 0.1) is 0 Å². The third-order valence-electron chi connectivity index (χ3n) is 3.02. The van der Waals surface area contributed by atoms with Crippen molar-refractivity contribution in [3.63, 3.8) is 0 Å². The van der Waals surface area contributed by atoms with Gasteiger partial charge in [-0.05, 0) is 50.2 Å². The Hall–Kier alpha value is -0.570. The lowest BCUT2D eigenvalue weighted by atomic mass is 10.1. The van der Waals surface area contributed by atoms with Crippen molar-refractivity contribution in [1.82, 2.24) is 4.90 Å². The Labute approximate surface area is 113 Å². The molecule has 4 heteroatoms. The molecule has 0 aliphatic carbocycles. The maximum absolute atomic E-state index is 11.8. The molecule has 1 aromatic rings. The Morgan fingerprint density at radius 2 is 1.76 bits per heavy atom. The summed E-state index contributed by atoms with van der Waals surface area (Å²) in [6.45, 7) is 3.18. The van der Waals surface area contributed by atoms with E-state index in [1.54, 1.807) is 24.3 Å². The third kappa shape index (κ3) is 4.30. The molecule has 2 nitrogen and oxygen atoms in total. The van der Waals surface area contributed by atoms with Crippen LogP contribution in [-0.2, 0) is 0 Å². The van der Waals surface area contributed by atoms with Crippen molar-refractivity contribution in [1.29, 1.82) is 0 Å². The van der Waals surface area contributed by atoms with E-state index >= 15 is 0 Å². The van der Waals surface area contributed by atoms with Crippen molar-refractivity contribution in [3.05, 3.63) is 34.9 Å². The van der Waals surface area contributed by atoms with Crippen LogP contribution in [0.25, 0.3) is 0 Å². The number of Topliss-reactive ketones (excluding diaryl/α,β-unsaturated/α-hetero) is 1. The SMILES string of the molecule is Cl.O=C(CCN1CCCC1)c1ccc(Cl)cc1. The van der Waals surface area contributed by atoms with Gasteiger partial charge in [0.15, 0.2) is 5.78 Å². The first kappa shape index (κ1) is 14.5. The highest BCUT2D eigenvalue weighted by Crippen LogP contribution is 2.13. The first-order valence-corrected chi connectivity index (χ1v) is 6.14. The van der Waals surface area contributed by atoms with Gasteiger partial charge in [0.2, 0.25) is 0 Å². The largest absolute Gasteiger partial charge is 0.303 e. The number of carbonyl (C=O) groups is 1. The lowest BCUT2D eigenvalue weighted by molar-refractivity contribution is 0.0969. The van der Waals surface area contributed by atoms with Crippen LogP contribution in [0.1, 0.15) is 29.6 Å². The van der Waals surface area contributed by atoms with Gasteiger partial charge in [-0.25, -0.2) is 0 Å². The molecule has 0 aromatic heterocycles. The molecule has 1 saturated heterocycles. The van der Waals surface area contributed by atoms with Gasteiger partial charge in [-0.15, -0.1) is 12.4 Å². The van der Waals surface area contributed by atoms with Crippen molar-refractivity contribution >= 4 is 29.8 Å². The average Bonchev–Trinajstić information content (AvgIpc) is 2.80. The summed E-state index contributed by atoms with van der Waals surface area (Å²) in [5, 5.41) is 0.677. The maximum atomic E-state index is 11.8. The van der Waals surface area contributed by atoms with Gasteiger partial charge in [0.1, 0.15) is 0 Å². The van der Waals surface area contributed by atoms with Crippen LogP contribution in [0.2, 0.25) is 5.02 Å². The van der Waals surface area contributed by atoms with E-state index in [9.17, 15) is 4.79 Å². The van der Waals surface area contributed by atoms with Gasteiger partial charge in [-0.1, -0.05) is 11.6 Å². The Balaban J connectivity index is 0.00000144. The van der Waals surface area contributed by atoms with Gasteiger partial charge < -0.3 is 4.90 Å². The van der Waals surface area contributed by atoms with Crippen LogP contribution in [0.3, 0.4) is 0 Å². The summed E-state index contributed by atoms with van der Waals surface area (Å²) >= 11 is 5.78. The average molecular weight is 274 g/mol. The van der Waals surface area contributed by atoms with E-state index in [0.717, 1.165) is 25.2 Å². The van der Waals surface area contributed by atoms with Crippen molar-refractivity contribution in [2.24, 2.45) is 0 Å². The molecular formula is C13H17Cl2NO. The molecular weight excluding hydrogens is 257 g/mol. The first-order valence-electron chi connectivity index (χ1n) is 5.77. The van der Waals surface area contributed by atoms with Gasteiger partial charge in [-0.2, -0.15) is 0 Å². The van der Waals surface area contributed by atoms with E-state index in [2.05, 4.69) is 4.90 Å². The molecule has 0 bridgehead atoms. The minimum atomic E-state index is 0. The number of hydrogen-bond acceptors (Lipinski definition) is 2. The number of rotatable bonds is 4. The number of halogens is 2. The van der Waals surface area contributed by atoms with E-state index in [1.807, 2.05) is 0 Å². The minimum absolute atomic E-state index is 0. The van der Waals surface area contributed by atoms with E-state index < -0.39 is 0 Å². The summed E-state index contributed by atoms with van der Waals surface area (Å²) in [4.78, 5) is 14.2. The molecule has 0 N–H and O–H groups in total. The molecule has 94 valence electrons. The number of benzene rings is 1. The number of ketones is 1. The molecule has 0 atom stereocenters. The smallest absolute Gasteiger partial charge is 0.164 e. The van der Waals surface area contributed by atoms with Crippen molar-refractivity contribution < 1.29 is 4.79 Å². The van der Waals surface area contributed by atoms with E-state index in [-0.39, 0.29) is 18.2 Å². The zero-order chi connectivity index (χ0) is 11.4. The molecule has 1 aromatic carbocycles. The van der Waals surface area contributed by atoms with Gasteiger partial charge in [0.25, 0.3) is 0 Å². The zero-order valence-electron chi connectivity index (χ0n) is 9.69. The monoisotopic (exact) mass is 273 g/mol. The standard InChI is InChI=1S/C13H16ClNO.ClH/c14-12-5-3-11(4-6-12)13(16)7-10-15-8-1-2-9-15;/h3-6H,1-2,7-10H2;1H. The Bertz CT molecular complexity index is 358. The summed E-state index contributed by atoms with van der Waals surface area (Å²) < 4.78 is 0. The van der Waals surface area contributed by atoms with Gasteiger partial charge in [0.05, 0.1) is 0 Å². The van der Waals surface area contributed by atoms with Crippen LogP contribution < -0.4 is 0 Å². The molecule has 0 unspecified atom stereocenters. The molecule has 0 amide bonds. The van der Waals surface area contributed by atoms with E-state index in [4.69, 9.17) is 11.6 Å². The molecule has 17 heavy (non-hydrogen) atoms. The van der Waals surface area contributed by atoms with Crippen LogP contribution in [0.15, 0.2) is 24.3 Å². The van der Waals surface area contributed by atoms with E-state index in [1.165, 1.54) is 12.8 Å². The summed E-state index contributed by atoms with van der Waals surface area (Å²) in [6, 6.07) is 7.14. The Kier molecular flexibility index (Phi) is 5.96. The first-order chi connectivity index (χ1) is 7.75. The van der Waals surface area contributed by atoms with Crippen LogP contribution >= 0.6 is 24.0 Å². The quantitative estimate of drug-likeness (QED) is 0.784. The van der Waals surface area contributed by atoms with E-state index in [0.29, 0.717) is 11.4 Å². The number of hydrogen-bond donors (Lipinski definition) is 0. The van der Waals surface area contributed by atoms with Gasteiger partial charge >= 0.3 is 0 Å². The van der Waals surface area contributed by atoms with Gasteiger partial charge in [0, 0.05) is 23.6 Å². The lowest BCUT2D eigenvalue weighted by Gasteiger charge is -2.13. The summed E-state index contributed by atoms with van der Waals surface area (Å²) in [5.41, 5.74) is 0.767. The predicted molar refractivity (Wildman–Crippen MR) is 73.3 cm³/mol. The number of nitrogens with zero attached hydrogens (tertiary/aromatic N) is 1. The lowest BCUT2D eigenvalue weighted by Crippen LogP contribution is -2.22. The molecule has 0 spiro atoms. The van der Waals surface area contributed by atoms with Crippen LogP contribution in [-0.4, -0.2) is 30.3 Å². The summed E-state index contributed by atoms with van der Waals surface area (Å²) in [6.07, 6.45) is 3.16. The van der Waals surface area contributed by atoms with Gasteiger partial charge in [-0.3, -0.25) is 4.79 Å².